The number of carbonyl (C=O) groups is 2. The maximum atomic E-state index is 12.6. The Hall–Kier alpha value is -3.03. The highest BCUT2D eigenvalue weighted by molar-refractivity contribution is 5.92. The van der Waals surface area contributed by atoms with E-state index in [1.807, 2.05) is 29.6 Å². The molecule has 0 bridgehead atoms. The van der Waals surface area contributed by atoms with Crippen molar-refractivity contribution in [1.82, 2.24) is 25.4 Å². The van der Waals surface area contributed by atoms with Crippen LogP contribution in [-0.2, 0) is 0 Å². The third kappa shape index (κ3) is 3.22. The molecule has 1 saturated carbocycles. The van der Waals surface area contributed by atoms with Crippen LogP contribution in [0.15, 0.2) is 46.6 Å². The van der Waals surface area contributed by atoms with Crippen molar-refractivity contribution >= 4 is 11.9 Å². The normalized spacial score (nSPS) is 24.0. The molecule has 0 aromatic carbocycles. The fraction of sp³-hybridized carbons (Fsp3) is 0.476. The van der Waals surface area contributed by atoms with Crippen LogP contribution in [0.3, 0.4) is 0 Å². The minimum Gasteiger partial charge on any atom is -0.438 e. The maximum absolute atomic E-state index is 12.6. The van der Waals surface area contributed by atoms with Crippen LogP contribution < -0.4 is 10.6 Å². The Labute approximate surface area is 169 Å². The number of nitrogens with one attached hydrogen (secondary N) is 2. The van der Waals surface area contributed by atoms with Gasteiger partial charge in [-0.3, -0.25) is 9.69 Å². The molecule has 1 atom stereocenters. The second-order valence-corrected chi connectivity index (χ2v) is 8.39. The lowest BCUT2D eigenvalue weighted by Gasteiger charge is -2.32. The highest BCUT2D eigenvalue weighted by atomic mass is 16.3. The van der Waals surface area contributed by atoms with Gasteiger partial charge in [-0.15, -0.1) is 0 Å². The zero-order valence-corrected chi connectivity index (χ0v) is 16.5. The lowest BCUT2D eigenvalue weighted by atomic mass is 9.90. The zero-order chi connectivity index (χ0) is 20.0. The standard InChI is InChI=1S/C21H25N5O3/c1-14-18(29-13-24-14)19(27)25-6-3-21(4-7-25)8-17(21)10-23-20(28)26-11-15-2-5-22-9-16(15)12-26/h2,5,9,11,13,17,22H,3-4,6-8,10,12H2,1H3,(H,23,28). The summed E-state index contributed by atoms with van der Waals surface area (Å²) in [4.78, 5) is 32.7. The van der Waals surface area contributed by atoms with Gasteiger partial charge >= 0.3 is 6.03 Å². The Balaban J connectivity index is 1.10. The molecule has 2 fully saturated rings. The molecule has 2 N–H and O–H groups in total. The van der Waals surface area contributed by atoms with E-state index in [2.05, 4.69) is 15.6 Å². The summed E-state index contributed by atoms with van der Waals surface area (Å²) in [5.74, 6) is 0.775. The van der Waals surface area contributed by atoms with E-state index in [-0.39, 0.29) is 17.4 Å². The Morgan fingerprint density at radius 2 is 2.21 bits per heavy atom. The molecule has 4 heterocycles. The molecule has 1 aliphatic carbocycles. The first-order valence-corrected chi connectivity index (χ1v) is 10.1. The van der Waals surface area contributed by atoms with Crippen LogP contribution >= 0.6 is 0 Å². The van der Waals surface area contributed by atoms with Crippen molar-refractivity contribution < 1.29 is 14.0 Å². The number of carbonyl (C=O) groups excluding carboxylic acids is 2. The molecule has 1 unspecified atom stereocenters. The third-order valence-corrected chi connectivity index (χ3v) is 6.73. The molecule has 1 aromatic rings. The quantitative estimate of drug-likeness (QED) is 0.818. The van der Waals surface area contributed by atoms with Gasteiger partial charge in [0.25, 0.3) is 5.91 Å². The molecular formula is C21H25N5O3. The van der Waals surface area contributed by atoms with E-state index in [1.54, 1.807) is 11.8 Å². The summed E-state index contributed by atoms with van der Waals surface area (Å²) in [7, 11) is 0. The first-order valence-electron chi connectivity index (χ1n) is 10.1. The molecule has 5 rings (SSSR count). The van der Waals surface area contributed by atoms with Crippen LogP contribution in [0.2, 0.25) is 0 Å². The summed E-state index contributed by atoms with van der Waals surface area (Å²) in [5, 5.41) is 6.16. The number of fused-ring (bicyclic) bond motifs is 1. The SMILES string of the molecule is Cc1ncoc1C(=O)N1CCC2(CC1)CC2CNC(=O)N1C=C2C=CNC=C2C1. The fourth-order valence-electron chi connectivity index (χ4n) is 4.72. The van der Waals surface area contributed by atoms with Crippen LogP contribution in [0, 0.1) is 18.3 Å². The minimum absolute atomic E-state index is 0.0448. The summed E-state index contributed by atoms with van der Waals surface area (Å²) < 4.78 is 5.25. The highest BCUT2D eigenvalue weighted by Gasteiger charge is 2.55. The van der Waals surface area contributed by atoms with Crippen LogP contribution in [0.1, 0.15) is 35.5 Å². The van der Waals surface area contributed by atoms with Crippen molar-refractivity contribution in [3.63, 3.8) is 0 Å². The van der Waals surface area contributed by atoms with E-state index in [0.29, 0.717) is 30.5 Å². The number of oxazole rings is 1. The number of aromatic nitrogens is 1. The van der Waals surface area contributed by atoms with Gasteiger partial charge in [0.1, 0.15) is 0 Å². The van der Waals surface area contributed by atoms with Gasteiger partial charge in [-0.2, -0.15) is 0 Å². The van der Waals surface area contributed by atoms with Crippen molar-refractivity contribution in [1.29, 1.82) is 0 Å². The molecule has 1 aromatic heterocycles. The summed E-state index contributed by atoms with van der Waals surface area (Å²) >= 11 is 0. The lowest BCUT2D eigenvalue weighted by Crippen LogP contribution is -2.41. The van der Waals surface area contributed by atoms with Gasteiger partial charge in [-0.1, -0.05) is 0 Å². The largest absolute Gasteiger partial charge is 0.438 e. The van der Waals surface area contributed by atoms with Crippen molar-refractivity contribution in [3.05, 3.63) is 53.7 Å². The van der Waals surface area contributed by atoms with Gasteiger partial charge in [0.2, 0.25) is 5.76 Å². The van der Waals surface area contributed by atoms with Gasteiger partial charge in [-0.05, 0) is 54.7 Å². The van der Waals surface area contributed by atoms with Crippen LogP contribution in [-0.4, -0.2) is 52.9 Å². The molecule has 4 aliphatic rings. The number of dihydropyridines is 1. The van der Waals surface area contributed by atoms with Crippen molar-refractivity contribution in [2.75, 3.05) is 26.2 Å². The Bertz CT molecular complexity index is 936. The molecule has 1 saturated heterocycles. The average Bonchev–Trinajstić information content (AvgIpc) is 3.08. The molecule has 152 valence electrons. The van der Waals surface area contributed by atoms with Gasteiger partial charge in [0, 0.05) is 38.2 Å². The molecular weight excluding hydrogens is 370 g/mol. The summed E-state index contributed by atoms with van der Waals surface area (Å²) in [6, 6.07) is -0.0448. The Morgan fingerprint density at radius 3 is 2.93 bits per heavy atom. The second-order valence-electron chi connectivity index (χ2n) is 8.39. The van der Waals surface area contributed by atoms with Gasteiger partial charge in [0.05, 0.1) is 12.2 Å². The Morgan fingerprint density at radius 1 is 1.38 bits per heavy atom. The van der Waals surface area contributed by atoms with Gasteiger partial charge in [0.15, 0.2) is 6.39 Å². The van der Waals surface area contributed by atoms with E-state index >= 15 is 0 Å². The second kappa shape index (κ2) is 6.79. The van der Waals surface area contributed by atoms with Crippen molar-refractivity contribution in [2.24, 2.45) is 11.3 Å². The third-order valence-electron chi connectivity index (χ3n) is 6.73. The highest BCUT2D eigenvalue weighted by Crippen LogP contribution is 2.59. The number of rotatable bonds is 3. The van der Waals surface area contributed by atoms with Crippen LogP contribution in [0.25, 0.3) is 0 Å². The molecule has 29 heavy (non-hydrogen) atoms. The minimum atomic E-state index is -0.0678. The van der Waals surface area contributed by atoms with Gasteiger partial charge in [-0.25, -0.2) is 9.78 Å². The zero-order valence-electron chi connectivity index (χ0n) is 16.5. The number of aryl methyl sites for hydroxylation is 1. The first-order chi connectivity index (χ1) is 14.1. The lowest BCUT2D eigenvalue weighted by molar-refractivity contribution is 0.0636. The van der Waals surface area contributed by atoms with E-state index in [9.17, 15) is 9.59 Å². The molecule has 3 aliphatic heterocycles. The molecule has 8 heteroatoms. The number of allylic oxidation sites excluding steroid dienone is 1. The van der Waals surface area contributed by atoms with E-state index in [1.165, 1.54) is 6.39 Å². The summed E-state index contributed by atoms with van der Waals surface area (Å²) in [6.45, 7) is 4.55. The topological polar surface area (TPSA) is 90.7 Å². The Kier molecular flexibility index (Phi) is 4.22. The summed E-state index contributed by atoms with van der Waals surface area (Å²) in [6.07, 6.45) is 12.1. The van der Waals surface area contributed by atoms with Crippen LogP contribution in [0.4, 0.5) is 4.79 Å². The number of hydrogen-bond donors (Lipinski definition) is 2. The average molecular weight is 395 g/mol. The molecule has 0 radical (unpaired) electrons. The van der Waals surface area contributed by atoms with E-state index in [4.69, 9.17) is 4.42 Å². The monoisotopic (exact) mass is 395 g/mol. The maximum Gasteiger partial charge on any atom is 0.321 e. The van der Waals surface area contributed by atoms with E-state index in [0.717, 1.165) is 43.5 Å². The first kappa shape index (κ1) is 18.0. The molecule has 8 nitrogen and oxygen atoms in total. The number of likely N-dealkylation sites (tertiary alicyclic amines) is 1. The van der Waals surface area contributed by atoms with Crippen LogP contribution in [0.5, 0.6) is 0 Å². The molecule has 1 spiro atoms. The number of nitrogens with zero attached hydrogens (tertiary/aromatic N) is 3. The summed E-state index contributed by atoms with van der Waals surface area (Å²) in [5.41, 5.74) is 3.12. The fourth-order valence-corrected chi connectivity index (χ4v) is 4.72. The number of hydrogen-bond acceptors (Lipinski definition) is 5. The predicted octanol–water partition coefficient (Wildman–Crippen LogP) is 2.14. The predicted molar refractivity (Wildman–Crippen MR) is 105 cm³/mol. The van der Waals surface area contributed by atoms with Crippen molar-refractivity contribution in [3.8, 4) is 0 Å². The number of amides is 3. The van der Waals surface area contributed by atoms with Gasteiger partial charge < -0.3 is 20.0 Å². The van der Waals surface area contributed by atoms with Crippen molar-refractivity contribution in [2.45, 2.75) is 26.2 Å². The molecule has 3 amide bonds. The van der Waals surface area contributed by atoms with E-state index < -0.39 is 0 Å². The number of piperidine rings is 1. The number of urea groups is 1. The smallest absolute Gasteiger partial charge is 0.321 e.